The summed E-state index contributed by atoms with van der Waals surface area (Å²) in [6.45, 7) is 6.85. The van der Waals surface area contributed by atoms with Gasteiger partial charge in [0.1, 0.15) is 0 Å². The molecule has 0 aromatic carbocycles. The van der Waals surface area contributed by atoms with Crippen LogP contribution in [0.25, 0.3) is 0 Å². The van der Waals surface area contributed by atoms with Gasteiger partial charge < -0.3 is 0 Å². The van der Waals surface area contributed by atoms with Crippen LogP contribution >= 0.6 is 12.4 Å². The van der Waals surface area contributed by atoms with Gasteiger partial charge in [0.2, 0.25) is 0 Å². The van der Waals surface area contributed by atoms with Crippen molar-refractivity contribution in [2.45, 2.75) is 72.6 Å². The largest absolute Gasteiger partial charge is 0.147 e. The third-order valence-corrected chi connectivity index (χ3v) is 16.3. The van der Waals surface area contributed by atoms with Gasteiger partial charge in [-0.1, -0.05) is 0 Å². The molecule has 0 spiro atoms. The molecule has 0 aliphatic rings. The Bertz CT molecular complexity index is 162. The molecule has 0 saturated heterocycles. The fourth-order valence-electron chi connectivity index (χ4n) is 2.14. The van der Waals surface area contributed by atoms with Crippen LogP contribution in [0.3, 0.4) is 0 Å². The maximum Gasteiger partial charge on any atom is -0.147 e. The molecule has 0 atom stereocenters. The van der Waals surface area contributed by atoms with Crippen molar-refractivity contribution in [1.29, 1.82) is 0 Å². The van der Waals surface area contributed by atoms with E-state index >= 15 is 0 Å². The van der Waals surface area contributed by atoms with E-state index < -0.39 is 18.4 Å². The van der Waals surface area contributed by atoms with Gasteiger partial charge in [-0.3, -0.25) is 0 Å². The fraction of sp³-hybridized carbons (Fsp3) is 0.857. The van der Waals surface area contributed by atoms with Gasteiger partial charge in [-0.2, -0.15) is 0 Å². The molecule has 0 unspecified atom stereocenters. The minimum atomic E-state index is -2.09. The summed E-state index contributed by atoms with van der Waals surface area (Å²) in [6.07, 6.45) is 14.0. The molecule has 0 saturated carbocycles. The van der Waals surface area contributed by atoms with Crippen molar-refractivity contribution in [3.05, 3.63) is 0 Å². The van der Waals surface area contributed by atoms with E-state index in [4.69, 9.17) is 6.42 Å². The number of terminal acetylenes is 1. The third kappa shape index (κ3) is 7.85. The number of halogens is 1. The minimum Gasteiger partial charge on any atom is -0.147 e. The molecule has 0 bridgehead atoms. The van der Waals surface area contributed by atoms with Gasteiger partial charge in [0, 0.05) is 0 Å². The van der Waals surface area contributed by atoms with Gasteiger partial charge in [-0.05, 0) is 0 Å². The van der Waals surface area contributed by atoms with E-state index in [9.17, 15) is 0 Å². The van der Waals surface area contributed by atoms with E-state index in [2.05, 4.69) is 24.7 Å². The van der Waals surface area contributed by atoms with Crippen LogP contribution in [-0.4, -0.2) is 18.4 Å². The summed E-state index contributed by atoms with van der Waals surface area (Å²) in [5, 5.41) is 0. The van der Waals surface area contributed by atoms with Gasteiger partial charge in [-0.25, -0.2) is 0 Å². The van der Waals surface area contributed by atoms with Crippen molar-refractivity contribution in [3.63, 3.8) is 0 Å². The summed E-state index contributed by atoms with van der Waals surface area (Å²) in [4.78, 5) is 0. The van der Waals surface area contributed by atoms with Gasteiger partial charge in [0.15, 0.2) is 0 Å². The molecule has 0 aromatic heterocycles. The molecule has 0 nitrogen and oxygen atoms in total. The summed E-state index contributed by atoms with van der Waals surface area (Å²) >= 11 is -2.09. The van der Waals surface area contributed by atoms with E-state index in [0.29, 0.717) is 0 Å². The zero-order valence-corrected chi connectivity index (χ0v) is 15.0. The number of hydrogen-bond acceptors (Lipinski definition) is 0. The summed E-state index contributed by atoms with van der Waals surface area (Å²) in [5.41, 5.74) is 0. The predicted octanol–water partition coefficient (Wildman–Crippen LogP) is 5.43. The number of rotatable bonds is 9. The van der Waals surface area contributed by atoms with E-state index in [-0.39, 0.29) is 12.4 Å². The van der Waals surface area contributed by atoms with Crippen LogP contribution in [-0.2, 0) is 0 Å². The van der Waals surface area contributed by atoms with Crippen LogP contribution in [0.15, 0.2) is 0 Å². The second kappa shape index (κ2) is 12.1. The molecule has 0 aromatic rings. The van der Waals surface area contributed by atoms with Crippen molar-refractivity contribution < 1.29 is 0 Å². The molecule has 0 aliphatic heterocycles. The molecule has 96 valence electrons. The SMILES string of the molecule is C#[C][Sn]([CH2]CCC)([CH2]CCC)[CH2]CCC.Cl. The molecule has 16 heavy (non-hydrogen) atoms. The van der Waals surface area contributed by atoms with Crippen LogP contribution in [0.5, 0.6) is 0 Å². The van der Waals surface area contributed by atoms with Crippen molar-refractivity contribution in [1.82, 2.24) is 0 Å². The zero-order chi connectivity index (χ0) is 11.6. The summed E-state index contributed by atoms with van der Waals surface area (Å²) in [5.74, 6) is 0. The fourth-order valence-corrected chi connectivity index (χ4v) is 14.3. The monoisotopic (exact) mass is 352 g/mol. The molecular formula is C14H29ClSn. The molecule has 0 rings (SSSR count). The quantitative estimate of drug-likeness (QED) is 0.384. The number of unbranched alkanes of at least 4 members (excludes halogenated alkanes) is 3. The molecule has 2 heteroatoms. The smallest absolute Gasteiger partial charge is 0.147 e. The van der Waals surface area contributed by atoms with Crippen LogP contribution in [0.2, 0.25) is 13.3 Å². The first kappa shape index (κ1) is 19.0. The van der Waals surface area contributed by atoms with Crippen molar-refractivity contribution in [2.24, 2.45) is 0 Å². The Hall–Kier alpha value is 0.649. The third-order valence-electron chi connectivity index (χ3n) is 3.33. The van der Waals surface area contributed by atoms with E-state index in [1.807, 2.05) is 0 Å². The molecule has 0 heterocycles. The summed E-state index contributed by atoms with van der Waals surface area (Å²) in [7, 11) is 0. The topological polar surface area (TPSA) is 0 Å². The van der Waals surface area contributed by atoms with E-state index in [0.717, 1.165) is 0 Å². The minimum absolute atomic E-state index is 0. The van der Waals surface area contributed by atoms with E-state index in [1.165, 1.54) is 51.8 Å². The Kier molecular flexibility index (Phi) is 14.4. The van der Waals surface area contributed by atoms with Crippen molar-refractivity contribution >= 4 is 30.8 Å². The Morgan fingerprint density at radius 2 is 1.12 bits per heavy atom. The molecule has 0 radical (unpaired) electrons. The average molecular weight is 352 g/mol. The predicted molar refractivity (Wildman–Crippen MR) is 81.0 cm³/mol. The second-order valence-electron chi connectivity index (χ2n) is 4.74. The van der Waals surface area contributed by atoms with E-state index in [1.54, 1.807) is 0 Å². The summed E-state index contributed by atoms with van der Waals surface area (Å²) < 4.78 is 7.67. The standard InChI is InChI=1S/3C4H9.C2H.ClH.Sn/c3*1-3-4-2;1-2;;/h3*1,3-4H2,2H3;1H;1H;. The molecule has 0 aliphatic carbocycles. The van der Waals surface area contributed by atoms with Gasteiger partial charge in [-0.15, -0.1) is 12.4 Å². The van der Waals surface area contributed by atoms with Crippen LogP contribution < -0.4 is 0 Å². The first-order chi connectivity index (χ1) is 7.24. The Morgan fingerprint density at radius 3 is 1.31 bits per heavy atom. The van der Waals surface area contributed by atoms with Gasteiger partial charge in [0.25, 0.3) is 0 Å². The van der Waals surface area contributed by atoms with Gasteiger partial charge in [0.05, 0.1) is 0 Å². The summed E-state index contributed by atoms with van der Waals surface area (Å²) in [6, 6.07) is 0. The van der Waals surface area contributed by atoms with Crippen LogP contribution in [0, 0.1) is 10.4 Å². The van der Waals surface area contributed by atoms with Crippen LogP contribution in [0.1, 0.15) is 59.3 Å². The zero-order valence-electron chi connectivity index (χ0n) is 11.3. The molecule has 0 amide bonds. The van der Waals surface area contributed by atoms with Crippen molar-refractivity contribution in [3.8, 4) is 10.4 Å². The molecule has 0 fully saturated rings. The first-order valence-corrected chi connectivity index (χ1v) is 14.2. The maximum absolute atomic E-state index is 5.87. The van der Waals surface area contributed by atoms with Gasteiger partial charge >= 0.3 is 101 Å². The first-order valence-electron chi connectivity index (χ1n) is 6.72. The Balaban J connectivity index is 0. The maximum atomic E-state index is 5.87. The molecular weight excluding hydrogens is 322 g/mol. The molecule has 0 N–H and O–H groups in total. The average Bonchev–Trinajstić information content (AvgIpc) is 2.29. The number of hydrogen-bond donors (Lipinski definition) is 0. The Morgan fingerprint density at radius 1 is 0.812 bits per heavy atom. The second-order valence-corrected chi connectivity index (χ2v) is 17.1. The Labute approximate surface area is 113 Å². The van der Waals surface area contributed by atoms with Crippen molar-refractivity contribution in [2.75, 3.05) is 0 Å². The normalized spacial score (nSPS) is 10.6. The van der Waals surface area contributed by atoms with Crippen LogP contribution in [0.4, 0.5) is 0 Å².